The van der Waals surface area contributed by atoms with E-state index in [1.165, 1.54) is 49.8 Å². The molecule has 0 atom stereocenters. The predicted molar refractivity (Wildman–Crippen MR) is 149 cm³/mol. The molecule has 0 saturated heterocycles. The average molecular weight is 513 g/mol. The summed E-state index contributed by atoms with van der Waals surface area (Å²) in [5.41, 5.74) is 6.22. The van der Waals surface area contributed by atoms with Crippen LogP contribution in [0.25, 0.3) is 32.4 Å². The van der Waals surface area contributed by atoms with E-state index in [1.54, 1.807) is 30.4 Å². The van der Waals surface area contributed by atoms with Gasteiger partial charge in [0.15, 0.2) is 0 Å². The first-order chi connectivity index (χ1) is 18.2. The largest absolute Gasteiger partial charge is 0.462 e. The van der Waals surface area contributed by atoms with E-state index in [2.05, 4.69) is 35.2 Å². The molecule has 1 saturated carbocycles. The summed E-state index contributed by atoms with van der Waals surface area (Å²) in [5.74, 6) is -0.307. The van der Waals surface area contributed by atoms with Crippen LogP contribution in [0.15, 0.2) is 60.8 Å². The Morgan fingerprint density at radius 1 is 1.00 bits per heavy atom. The second-order valence-corrected chi connectivity index (χ2v) is 10.9. The van der Waals surface area contributed by atoms with Gasteiger partial charge in [0.1, 0.15) is 5.01 Å². The molecule has 2 aliphatic rings. The summed E-state index contributed by atoms with van der Waals surface area (Å²) in [7, 11) is 0. The maximum Gasteiger partial charge on any atom is 0.338 e. The number of imidazole rings is 1. The van der Waals surface area contributed by atoms with Crippen molar-refractivity contribution in [1.29, 1.82) is 0 Å². The van der Waals surface area contributed by atoms with Crippen LogP contribution >= 0.6 is 11.3 Å². The Morgan fingerprint density at radius 2 is 1.73 bits per heavy atom. The number of hydrogen-bond acceptors (Lipinski definition) is 6. The fraction of sp³-hybridized carbons (Fsp3) is 0.367. The monoisotopic (exact) mass is 512 g/mol. The fourth-order valence-corrected chi connectivity index (χ4v) is 6.39. The number of aromatic nitrogens is 3. The van der Waals surface area contributed by atoms with Gasteiger partial charge in [0.25, 0.3) is 0 Å². The standard InChI is InChI=1S/C30H32N4O2S/c1-2-36-29(35)25-14-10-23(11-15-25)27-20-34-30(31-27)37-28(32-34)24-12-8-21(9-13-24)22-16-18-33(19-17-22)26-6-4-3-5-7-26/h8-16,20,26H,2-7,17-19H2,1H3. The Bertz CT molecular complexity index is 1380. The number of ether oxygens (including phenoxy) is 1. The average Bonchev–Trinajstić information content (AvgIpc) is 3.54. The summed E-state index contributed by atoms with van der Waals surface area (Å²) in [6, 6.07) is 17.0. The molecule has 1 fully saturated rings. The Hall–Kier alpha value is -3.29. The van der Waals surface area contributed by atoms with Gasteiger partial charge in [-0.25, -0.2) is 14.3 Å². The molecule has 6 rings (SSSR count). The van der Waals surface area contributed by atoms with E-state index in [1.807, 2.05) is 22.8 Å². The third-order valence-corrected chi connectivity index (χ3v) is 8.54. The van der Waals surface area contributed by atoms with Crippen LogP contribution in [0.2, 0.25) is 0 Å². The Kier molecular flexibility index (Phi) is 6.89. The van der Waals surface area contributed by atoms with Crippen LogP contribution in [0, 0.1) is 0 Å². The van der Waals surface area contributed by atoms with Gasteiger partial charge in [0.05, 0.1) is 24.1 Å². The van der Waals surface area contributed by atoms with Crippen LogP contribution in [-0.4, -0.2) is 51.2 Å². The van der Waals surface area contributed by atoms with Crippen molar-refractivity contribution in [2.24, 2.45) is 0 Å². The van der Waals surface area contributed by atoms with Crippen LogP contribution in [0.4, 0.5) is 0 Å². The van der Waals surface area contributed by atoms with E-state index in [0.29, 0.717) is 12.2 Å². The molecule has 4 aromatic rings. The quantitative estimate of drug-likeness (QED) is 0.268. The van der Waals surface area contributed by atoms with Crippen LogP contribution in [0.5, 0.6) is 0 Å². The Labute approximate surface area is 221 Å². The molecule has 7 heteroatoms. The lowest BCUT2D eigenvalue weighted by atomic mass is 9.92. The molecule has 1 aliphatic carbocycles. The van der Waals surface area contributed by atoms with Crippen molar-refractivity contribution in [1.82, 2.24) is 19.5 Å². The fourth-order valence-electron chi connectivity index (χ4n) is 5.50. The second-order valence-electron chi connectivity index (χ2n) is 9.90. The Morgan fingerprint density at radius 3 is 2.41 bits per heavy atom. The SMILES string of the molecule is CCOC(=O)c1ccc(-c2cn3nc(-c4ccc(C5=CCN(C6CCCCC6)CC5)cc4)sc3n2)cc1. The zero-order valence-corrected chi connectivity index (χ0v) is 22.0. The summed E-state index contributed by atoms with van der Waals surface area (Å²) in [6.45, 7) is 4.43. The van der Waals surface area contributed by atoms with Gasteiger partial charge in [0, 0.05) is 30.3 Å². The molecular formula is C30H32N4O2S. The highest BCUT2D eigenvalue weighted by Crippen LogP contribution is 2.32. The smallest absolute Gasteiger partial charge is 0.338 e. The second kappa shape index (κ2) is 10.6. The zero-order valence-electron chi connectivity index (χ0n) is 21.2. The topological polar surface area (TPSA) is 59.7 Å². The van der Waals surface area contributed by atoms with E-state index >= 15 is 0 Å². The third kappa shape index (κ3) is 5.11. The highest BCUT2D eigenvalue weighted by Gasteiger charge is 2.23. The molecule has 0 unspecified atom stereocenters. The van der Waals surface area contributed by atoms with Crippen molar-refractivity contribution in [2.45, 2.75) is 51.5 Å². The minimum atomic E-state index is -0.307. The molecule has 3 heterocycles. The highest BCUT2D eigenvalue weighted by molar-refractivity contribution is 7.19. The van der Waals surface area contributed by atoms with E-state index in [0.717, 1.165) is 45.8 Å². The molecule has 0 bridgehead atoms. The summed E-state index contributed by atoms with van der Waals surface area (Å²) >= 11 is 1.58. The molecule has 0 amide bonds. The number of fused-ring (bicyclic) bond motifs is 1. The van der Waals surface area contributed by atoms with E-state index in [9.17, 15) is 4.79 Å². The zero-order chi connectivity index (χ0) is 25.2. The molecule has 37 heavy (non-hydrogen) atoms. The number of nitrogens with zero attached hydrogens (tertiary/aromatic N) is 4. The maximum atomic E-state index is 11.9. The normalized spacial score (nSPS) is 17.2. The maximum absolute atomic E-state index is 11.9. The third-order valence-electron chi connectivity index (χ3n) is 7.57. The van der Waals surface area contributed by atoms with Gasteiger partial charge in [-0.05, 0) is 49.5 Å². The van der Waals surface area contributed by atoms with Crippen LogP contribution in [0.3, 0.4) is 0 Å². The van der Waals surface area contributed by atoms with Gasteiger partial charge in [-0.3, -0.25) is 4.90 Å². The molecule has 6 nitrogen and oxygen atoms in total. The molecule has 1 aliphatic heterocycles. The molecule has 190 valence electrons. The Balaban J connectivity index is 1.13. The molecule has 0 N–H and O–H groups in total. The van der Waals surface area contributed by atoms with Gasteiger partial charge in [-0.2, -0.15) is 5.10 Å². The summed E-state index contributed by atoms with van der Waals surface area (Å²) in [4.78, 5) is 20.2. The van der Waals surface area contributed by atoms with Crippen molar-refractivity contribution in [3.05, 3.63) is 71.9 Å². The first-order valence-corrected chi connectivity index (χ1v) is 14.2. The van der Waals surface area contributed by atoms with Crippen LogP contribution < -0.4 is 0 Å². The first kappa shape index (κ1) is 24.1. The highest BCUT2D eigenvalue weighted by atomic mass is 32.1. The molecule has 0 spiro atoms. The summed E-state index contributed by atoms with van der Waals surface area (Å²) < 4.78 is 6.90. The first-order valence-electron chi connectivity index (χ1n) is 13.4. The minimum absolute atomic E-state index is 0.307. The lowest BCUT2D eigenvalue weighted by Crippen LogP contribution is -2.39. The van der Waals surface area contributed by atoms with Crippen molar-refractivity contribution in [3.63, 3.8) is 0 Å². The summed E-state index contributed by atoms with van der Waals surface area (Å²) in [6.07, 6.45) is 12.5. The van der Waals surface area contributed by atoms with Gasteiger partial charge in [0.2, 0.25) is 4.96 Å². The predicted octanol–water partition coefficient (Wildman–Crippen LogP) is 6.72. The molecule has 2 aromatic heterocycles. The lowest BCUT2D eigenvalue weighted by Gasteiger charge is -2.36. The number of rotatable bonds is 6. The van der Waals surface area contributed by atoms with Gasteiger partial charge < -0.3 is 4.74 Å². The number of benzene rings is 2. The van der Waals surface area contributed by atoms with E-state index in [-0.39, 0.29) is 5.97 Å². The number of hydrogen-bond donors (Lipinski definition) is 0. The van der Waals surface area contributed by atoms with Gasteiger partial charge in [-0.1, -0.05) is 73.1 Å². The van der Waals surface area contributed by atoms with Crippen LogP contribution in [-0.2, 0) is 4.74 Å². The van der Waals surface area contributed by atoms with Gasteiger partial charge in [-0.15, -0.1) is 0 Å². The van der Waals surface area contributed by atoms with Crippen molar-refractivity contribution in [3.8, 4) is 21.8 Å². The summed E-state index contributed by atoms with van der Waals surface area (Å²) in [5, 5.41) is 5.74. The van der Waals surface area contributed by atoms with Crippen molar-refractivity contribution in [2.75, 3.05) is 19.7 Å². The minimum Gasteiger partial charge on any atom is -0.462 e. The van der Waals surface area contributed by atoms with E-state index in [4.69, 9.17) is 14.8 Å². The molecular weight excluding hydrogens is 480 g/mol. The van der Waals surface area contributed by atoms with Gasteiger partial charge >= 0.3 is 5.97 Å². The number of carbonyl (C=O) groups excluding carboxylic acids is 1. The van der Waals surface area contributed by atoms with E-state index < -0.39 is 0 Å². The molecule has 2 aromatic carbocycles. The molecule has 0 radical (unpaired) electrons. The lowest BCUT2D eigenvalue weighted by molar-refractivity contribution is 0.0526. The number of carbonyl (C=O) groups is 1. The number of esters is 1. The van der Waals surface area contributed by atoms with Crippen LogP contribution in [0.1, 0.15) is 61.4 Å². The van der Waals surface area contributed by atoms with Crippen molar-refractivity contribution < 1.29 is 9.53 Å². The van der Waals surface area contributed by atoms with Crippen molar-refractivity contribution >= 4 is 27.8 Å².